The van der Waals surface area contributed by atoms with Crippen molar-refractivity contribution in [3.8, 4) is 5.75 Å². The summed E-state index contributed by atoms with van der Waals surface area (Å²) in [6.45, 7) is 1.97. The molecule has 0 bridgehead atoms. The Hall–Kier alpha value is -1.31. The van der Waals surface area contributed by atoms with Crippen molar-refractivity contribution >= 4 is 15.8 Å². The Morgan fingerprint density at radius 2 is 2.09 bits per heavy atom. The molecule has 115 valence electrons. The van der Waals surface area contributed by atoms with E-state index in [-0.39, 0.29) is 21.6 Å². The van der Waals surface area contributed by atoms with Crippen molar-refractivity contribution in [2.75, 3.05) is 0 Å². The van der Waals surface area contributed by atoms with Crippen LogP contribution in [0.15, 0.2) is 42.5 Å². The van der Waals surface area contributed by atoms with Crippen LogP contribution in [0, 0.1) is 12.7 Å². The van der Waals surface area contributed by atoms with Gasteiger partial charge in [0.1, 0.15) is 0 Å². The quantitative estimate of drug-likeness (QED) is 0.842. The van der Waals surface area contributed by atoms with Crippen LogP contribution in [0.25, 0.3) is 0 Å². The van der Waals surface area contributed by atoms with Crippen molar-refractivity contribution in [3.05, 3.63) is 65.0 Å². The first-order chi connectivity index (χ1) is 10.5. The predicted octanol–water partition coefficient (Wildman–Crippen LogP) is 3.71. The number of ether oxygens (including phenoxy) is 1. The van der Waals surface area contributed by atoms with Crippen molar-refractivity contribution in [2.24, 2.45) is 0 Å². The summed E-state index contributed by atoms with van der Waals surface area (Å²) in [7, 11) is 0. The van der Waals surface area contributed by atoms with Gasteiger partial charge in [0.15, 0.2) is 0 Å². The van der Waals surface area contributed by atoms with E-state index in [0.717, 1.165) is 27.6 Å². The maximum atomic E-state index is 13.7. The molecular weight excluding hydrogens is 342 g/mol. The molecule has 2 nitrogen and oxygen atoms in total. The second-order valence-corrected chi connectivity index (χ2v) is 7.85. The number of para-hydroxylation sites is 1. The van der Waals surface area contributed by atoms with Crippen LogP contribution in [0.4, 0.5) is 4.39 Å². The number of hydrogen-bond acceptors (Lipinski definition) is 2. The topological polar surface area (TPSA) is 29.5 Å². The Morgan fingerprint density at radius 3 is 2.82 bits per heavy atom. The maximum absolute atomic E-state index is 13.7. The first-order valence-electron chi connectivity index (χ1n) is 7.32. The Bertz CT molecular complexity index is 689. The molecule has 22 heavy (non-hydrogen) atoms. The minimum atomic E-state index is -0.937. The summed E-state index contributed by atoms with van der Waals surface area (Å²) < 4.78 is 19.8. The van der Waals surface area contributed by atoms with Gasteiger partial charge in [-0.3, -0.25) is 0 Å². The number of benzene rings is 2. The third kappa shape index (κ3) is 2.80. The Labute approximate surface area is 137 Å². The van der Waals surface area contributed by atoms with Gasteiger partial charge in [-0.1, -0.05) is 0 Å². The summed E-state index contributed by atoms with van der Waals surface area (Å²) in [6.07, 6.45) is 0.0253. The second-order valence-electron chi connectivity index (χ2n) is 5.86. The van der Waals surface area contributed by atoms with E-state index in [1.54, 1.807) is 6.07 Å². The van der Waals surface area contributed by atoms with Gasteiger partial charge < -0.3 is 0 Å². The molecule has 4 heteroatoms. The molecule has 3 rings (SSSR count). The van der Waals surface area contributed by atoms with Gasteiger partial charge in [0.25, 0.3) is 0 Å². The number of rotatable bonds is 4. The SMILES string of the molecule is C[As]CC1(O)Cc2ccc(F)cc2C1Oc1ccccc1C. The molecule has 0 aliphatic heterocycles. The molecule has 1 radical (unpaired) electrons. The summed E-state index contributed by atoms with van der Waals surface area (Å²) >= 11 is 0.0384. The number of aryl methyl sites for hydroxylation is 1. The molecule has 2 aromatic carbocycles. The van der Waals surface area contributed by atoms with Crippen LogP contribution < -0.4 is 4.74 Å². The molecule has 0 spiro atoms. The van der Waals surface area contributed by atoms with E-state index in [2.05, 4.69) is 5.71 Å². The van der Waals surface area contributed by atoms with Crippen molar-refractivity contribution in [2.45, 2.75) is 36.0 Å². The first kappa shape index (κ1) is 15.6. The molecule has 0 saturated heterocycles. The van der Waals surface area contributed by atoms with E-state index in [1.165, 1.54) is 12.1 Å². The van der Waals surface area contributed by atoms with Crippen molar-refractivity contribution in [1.29, 1.82) is 0 Å². The molecule has 0 aromatic heterocycles. The van der Waals surface area contributed by atoms with Crippen LogP contribution in [0.3, 0.4) is 0 Å². The molecular formula is C18H19AsFO2. The fourth-order valence-electron chi connectivity index (χ4n) is 3.08. The van der Waals surface area contributed by atoms with E-state index in [0.29, 0.717) is 6.42 Å². The number of halogens is 1. The van der Waals surface area contributed by atoms with Gasteiger partial charge in [0.05, 0.1) is 0 Å². The van der Waals surface area contributed by atoms with Crippen LogP contribution in [0.1, 0.15) is 22.8 Å². The van der Waals surface area contributed by atoms with E-state index in [9.17, 15) is 9.50 Å². The predicted molar refractivity (Wildman–Crippen MR) is 86.0 cm³/mol. The molecule has 2 aromatic rings. The zero-order chi connectivity index (χ0) is 15.7. The van der Waals surface area contributed by atoms with Crippen LogP contribution in [-0.2, 0) is 6.42 Å². The number of hydrogen-bond donors (Lipinski definition) is 1. The molecule has 0 amide bonds. The molecule has 2 atom stereocenters. The monoisotopic (exact) mass is 361 g/mol. The third-order valence-corrected chi connectivity index (χ3v) is 5.96. The summed E-state index contributed by atoms with van der Waals surface area (Å²) in [4.78, 5) is 0. The van der Waals surface area contributed by atoms with Crippen molar-refractivity contribution in [3.63, 3.8) is 0 Å². The van der Waals surface area contributed by atoms with Gasteiger partial charge in [0.2, 0.25) is 0 Å². The van der Waals surface area contributed by atoms with E-state index in [4.69, 9.17) is 4.74 Å². The first-order valence-corrected chi connectivity index (χ1v) is 10.5. The van der Waals surface area contributed by atoms with Gasteiger partial charge >= 0.3 is 137 Å². The standard InChI is InChI=1S/C18H19AsFO2/c1-12-5-3-4-6-16(12)22-17-15-9-14(20)8-7-13(15)10-18(17,21)11-19-2/h3-9,17,21H,10-11H2,1-2H3. The average Bonchev–Trinajstić information content (AvgIpc) is 2.74. The van der Waals surface area contributed by atoms with Crippen molar-refractivity contribution < 1.29 is 14.2 Å². The zero-order valence-electron chi connectivity index (χ0n) is 12.7. The normalized spacial score (nSPS) is 23.9. The summed E-state index contributed by atoms with van der Waals surface area (Å²) in [5, 5.41) is 11.8. The summed E-state index contributed by atoms with van der Waals surface area (Å²) in [5.74, 6) is 0.460. The van der Waals surface area contributed by atoms with Gasteiger partial charge in [-0.05, 0) is 0 Å². The molecule has 1 aliphatic carbocycles. The van der Waals surface area contributed by atoms with E-state index < -0.39 is 11.7 Å². The fourth-order valence-corrected chi connectivity index (χ4v) is 4.82. The van der Waals surface area contributed by atoms with E-state index >= 15 is 0 Å². The summed E-state index contributed by atoms with van der Waals surface area (Å²) in [6, 6.07) is 12.5. The van der Waals surface area contributed by atoms with Gasteiger partial charge in [-0.2, -0.15) is 0 Å². The molecule has 2 unspecified atom stereocenters. The van der Waals surface area contributed by atoms with Gasteiger partial charge in [-0.15, -0.1) is 0 Å². The second kappa shape index (κ2) is 6.06. The fraction of sp³-hybridized carbons (Fsp3) is 0.333. The molecule has 1 aliphatic rings. The Morgan fingerprint density at radius 1 is 1.32 bits per heavy atom. The Kier molecular flexibility index (Phi) is 4.29. The average molecular weight is 361 g/mol. The van der Waals surface area contributed by atoms with Crippen LogP contribution in [0.2, 0.25) is 10.9 Å². The van der Waals surface area contributed by atoms with Crippen LogP contribution >= 0.6 is 0 Å². The van der Waals surface area contributed by atoms with E-state index in [1.807, 2.05) is 31.2 Å². The zero-order valence-corrected chi connectivity index (χ0v) is 14.6. The number of fused-ring (bicyclic) bond motifs is 1. The summed E-state index contributed by atoms with van der Waals surface area (Å²) in [5.41, 5.74) is 3.97. The molecule has 0 fully saturated rings. The minimum absolute atomic E-state index is 0.0384. The molecule has 0 saturated carbocycles. The molecule has 1 N–H and O–H groups in total. The van der Waals surface area contributed by atoms with Gasteiger partial charge in [-0.25, -0.2) is 0 Å². The third-order valence-electron chi connectivity index (χ3n) is 4.15. The number of aliphatic hydroxyl groups is 1. The van der Waals surface area contributed by atoms with Gasteiger partial charge in [0, 0.05) is 0 Å². The van der Waals surface area contributed by atoms with Crippen LogP contribution in [-0.4, -0.2) is 26.5 Å². The van der Waals surface area contributed by atoms with Crippen molar-refractivity contribution in [1.82, 2.24) is 0 Å². The Balaban J connectivity index is 2.01. The molecule has 0 heterocycles. The van der Waals surface area contributed by atoms with Crippen LogP contribution in [0.5, 0.6) is 5.75 Å².